The van der Waals surface area contributed by atoms with Gasteiger partial charge < -0.3 is 4.74 Å². The highest BCUT2D eigenvalue weighted by Gasteiger charge is 1.80. The van der Waals surface area contributed by atoms with E-state index in [1.54, 1.807) is 0 Å². The summed E-state index contributed by atoms with van der Waals surface area (Å²) in [6.07, 6.45) is 0.779. The molecule has 0 aromatic rings. The third-order valence-electron chi connectivity index (χ3n) is 0.929. The quantitative estimate of drug-likeness (QED) is 0.440. The van der Waals surface area contributed by atoms with Gasteiger partial charge in [0.1, 0.15) is 6.61 Å². The second kappa shape index (κ2) is 11.0. The zero-order valence-electron chi connectivity index (χ0n) is 6.70. The Balaban J connectivity index is 3.11. The lowest BCUT2D eigenvalue weighted by molar-refractivity contribution is 0.174. The number of hydrogen-bond donors (Lipinski definition) is 0. The molecule has 0 rings (SSSR count). The van der Waals surface area contributed by atoms with Crippen LogP contribution in [0.3, 0.4) is 0 Å². The molecular formula is C9H10Br2O. The summed E-state index contributed by atoms with van der Waals surface area (Å²) in [6.45, 7) is 1.17. The number of alkyl halides is 2. The molecule has 3 heteroatoms. The van der Waals surface area contributed by atoms with Gasteiger partial charge in [-0.15, -0.1) is 5.92 Å². The molecule has 0 aliphatic carbocycles. The first-order valence-corrected chi connectivity index (χ1v) is 5.77. The molecule has 0 saturated heterocycles. The van der Waals surface area contributed by atoms with E-state index in [1.165, 1.54) is 0 Å². The molecule has 0 spiro atoms. The van der Waals surface area contributed by atoms with Crippen LogP contribution in [0, 0.1) is 23.7 Å². The average Bonchev–Trinajstić information content (AvgIpc) is 2.10. The molecule has 66 valence electrons. The van der Waals surface area contributed by atoms with Crippen molar-refractivity contribution in [2.75, 3.05) is 23.9 Å². The van der Waals surface area contributed by atoms with E-state index in [1.807, 2.05) is 0 Å². The van der Waals surface area contributed by atoms with Gasteiger partial charge in [-0.1, -0.05) is 49.6 Å². The van der Waals surface area contributed by atoms with Crippen LogP contribution in [0.2, 0.25) is 0 Å². The third kappa shape index (κ3) is 10.0. The fraction of sp³-hybridized carbons (Fsp3) is 0.556. The zero-order chi connectivity index (χ0) is 9.07. The first-order chi connectivity index (χ1) is 5.91. The molecule has 1 nitrogen and oxygen atoms in total. The Hall–Kier alpha value is 0.0400. The maximum absolute atomic E-state index is 5.17. The third-order valence-corrected chi connectivity index (χ3v) is 1.49. The Kier molecular flexibility index (Phi) is 11.1. The summed E-state index contributed by atoms with van der Waals surface area (Å²) in [6, 6.07) is 0. The lowest BCUT2D eigenvalue weighted by Gasteiger charge is -1.92. The Labute approximate surface area is 90.5 Å². The first-order valence-electron chi connectivity index (χ1n) is 3.53. The van der Waals surface area contributed by atoms with Crippen LogP contribution in [0.15, 0.2) is 0 Å². The maximum atomic E-state index is 5.17. The van der Waals surface area contributed by atoms with E-state index < -0.39 is 0 Å². The molecule has 12 heavy (non-hydrogen) atoms. The SMILES string of the molecule is BrCC#CCCOCC#CCBr. The Bertz CT molecular complexity index is 180. The monoisotopic (exact) mass is 292 g/mol. The predicted molar refractivity (Wildman–Crippen MR) is 58.6 cm³/mol. The first kappa shape index (κ1) is 12.0. The van der Waals surface area contributed by atoms with Crippen molar-refractivity contribution in [1.82, 2.24) is 0 Å². The van der Waals surface area contributed by atoms with Crippen LogP contribution >= 0.6 is 31.9 Å². The van der Waals surface area contributed by atoms with Crippen molar-refractivity contribution in [2.45, 2.75) is 6.42 Å². The topological polar surface area (TPSA) is 9.23 Å². The molecule has 0 bridgehead atoms. The fourth-order valence-corrected chi connectivity index (χ4v) is 0.877. The van der Waals surface area contributed by atoms with E-state index in [0.29, 0.717) is 18.5 Å². The van der Waals surface area contributed by atoms with E-state index in [9.17, 15) is 0 Å². The predicted octanol–water partition coefficient (Wildman–Crippen LogP) is 2.19. The molecule has 0 unspecified atom stereocenters. The van der Waals surface area contributed by atoms with Crippen LogP contribution in [0.25, 0.3) is 0 Å². The minimum Gasteiger partial charge on any atom is -0.368 e. The Morgan fingerprint density at radius 2 is 1.58 bits per heavy atom. The van der Waals surface area contributed by atoms with Crippen LogP contribution in [0.1, 0.15) is 6.42 Å². The van der Waals surface area contributed by atoms with Crippen molar-refractivity contribution in [3.8, 4) is 23.7 Å². The minimum absolute atomic E-state index is 0.502. The lowest BCUT2D eigenvalue weighted by Crippen LogP contribution is -1.93. The van der Waals surface area contributed by atoms with Gasteiger partial charge >= 0.3 is 0 Å². The molecule has 0 aliphatic heterocycles. The molecular weight excluding hydrogens is 284 g/mol. The second-order valence-electron chi connectivity index (χ2n) is 1.78. The van der Waals surface area contributed by atoms with Crippen molar-refractivity contribution in [1.29, 1.82) is 0 Å². The molecule has 0 fully saturated rings. The van der Waals surface area contributed by atoms with Crippen LogP contribution in [0.5, 0.6) is 0 Å². The van der Waals surface area contributed by atoms with Crippen molar-refractivity contribution in [3.63, 3.8) is 0 Å². The molecule has 0 aromatic heterocycles. The highest BCUT2D eigenvalue weighted by Crippen LogP contribution is 1.81. The summed E-state index contributed by atoms with van der Waals surface area (Å²) in [5, 5.41) is 1.44. The summed E-state index contributed by atoms with van der Waals surface area (Å²) < 4.78 is 5.17. The highest BCUT2D eigenvalue weighted by molar-refractivity contribution is 9.09. The number of rotatable bonds is 3. The van der Waals surface area contributed by atoms with Crippen LogP contribution in [-0.4, -0.2) is 23.9 Å². The van der Waals surface area contributed by atoms with Gasteiger partial charge in [0.25, 0.3) is 0 Å². The summed E-state index contributed by atoms with van der Waals surface area (Å²) in [7, 11) is 0. The smallest absolute Gasteiger partial charge is 0.107 e. The average molecular weight is 294 g/mol. The number of ether oxygens (including phenoxy) is 1. The largest absolute Gasteiger partial charge is 0.368 e. The summed E-state index contributed by atoms with van der Waals surface area (Å²) >= 11 is 6.41. The van der Waals surface area contributed by atoms with E-state index in [2.05, 4.69) is 55.5 Å². The molecule has 0 N–H and O–H groups in total. The standard InChI is InChI=1S/C9H10Br2O/c10-6-2-1-4-8-12-9-5-3-7-11/h4,6-9H2. The highest BCUT2D eigenvalue weighted by atomic mass is 79.9. The van der Waals surface area contributed by atoms with Crippen molar-refractivity contribution in [3.05, 3.63) is 0 Å². The lowest BCUT2D eigenvalue weighted by atomic mass is 10.4. The molecule has 0 aliphatic rings. The minimum atomic E-state index is 0.502. The van der Waals surface area contributed by atoms with Gasteiger partial charge in [0.2, 0.25) is 0 Å². The van der Waals surface area contributed by atoms with Crippen LogP contribution in [-0.2, 0) is 4.74 Å². The van der Waals surface area contributed by atoms with Gasteiger partial charge in [-0.25, -0.2) is 0 Å². The van der Waals surface area contributed by atoms with Gasteiger partial charge in [-0.05, 0) is 0 Å². The van der Waals surface area contributed by atoms with Crippen molar-refractivity contribution in [2.24, 2.45) is 0 Å². The van der Waals surface area contributed by atoms with Crippen molar-refractivity contribution < 1.29 is 4.74 Å². The molecule has 0 aromatic carbocycles. The van der Waals surface area contributed by atoms with Crippen LogP contribution < -0.4 is 0 Å². The van der Waals surface area contributed by atoms with E-state index in [0.717, 1.165) is 11.8 Å². The maximum Gasteiger partial charge on any atom is 0.107 e. The van der Waals surface area contributed by atoms with E-state index in [-0.39, 0.29) is 0 Å². The van der Waals surface area contributed by atoms with Crippen LogP contribution in [0.4, 0.5) is 0 Å². The second-order valence-corrected chi connectivity index (χ2v) is 2.90. The number of halogens is 2. The van der Waals surface area contributed by atoms with Gasteiger partial charge in [-0.3, -0.25) is 0 Å². The number of hydrogen-bond acceptors (Lipinski definition) is 1. The van der Waals surface area contributed by atoms with Gasteiger partial charge in [-0.2, -0.15) is 0 Å². The fourth-order valence-electron chi connectivity index (χ4n) is 0.480. The van der Waals surface area contributed by atoms with Gasteiger partial charge in [0, 0.05) is 6.42 Å². The van der Waals surface area contributed by atoms with Crippen molar-refractivity contribution >= 4 is 31.9 Å². The Morgan fingerprint density at radius 1 is 0.917 bits per heavy atom. The molecule has 0 amide bonds. The summed E-state index contributed by atoms with van der Waals surface area (Å²) in [5.41, 5.74) is 0. The zero-order valence-corrected chi connectivity index (χ0v) is 9.87. The normalized spacial score (nSPS) is 7.83. The summed E-state index contributed by atoms with van der Waals surface area (Å²) in [5.74, 6) is 11.5. The molecule has 0 atom stereocenters. The Morgan fingerprint density at radius 3 is 2.25 bits per heavy atom. The van der Waals surface area contributed by atoms with E-state index in [4.69, 9.17) is 4.74 Å². The molecule has 0 radical (unpaired) electrons. The van der Waals surface area contributed by atoms with E-state index >= 15 is 0 Å². The molecule has 0 saturated carbocycles. The van der Waals surface area contributed by atoms with Gasteiger partial charge in [0.15, 0.2) is 0 Å². The van der Waals surface area contributed by atoms with Gasteiger partial charge in [0.05, 0.1) is 17.3 Å². The molecule has 0 heterocycles. The summed E-state index contributed by atoms with van der Waals surface area (Å²) in [4.78, 5) is 0.